The van der Waals surface area contributed by atoms with Gasteiger partial charge in [-0.15, -0.1) is 5.10 Å². The first-order chi connectivity index (χ1) is 10.1. The number of carbonyl (C=O) groups excluding carboxylic acids is 1. The Morgan fingerprint density at radius 2 is 1.86 bits per heavy atom. The average Bonchev–Trinajstić information content (AvgIpc) is 2.90. The molecule has 2 aromatic rings. The van der Waals surface area contributed by atoms with E-state index in [-0.39, 0.29) is 6.03 Å². The molecule has 1 saturated carbocycles. The zero-order valence-corrected chi connectivity index (χ0v) is 13.0. The Morgan fingerprint density at radius 3 is 2.57 bits per heavy atom. The van der Waals surface area contributed by atoms with Gasteiger partial charge in [-0.1, -0.05) is 24.5 Å². The highest BCUT2D eigenvalue weighted by Gasteiger charge is 2.25. The lowest BCUT2D eigenvalue weighted by atomic mass is 9.95. The molecule has 0 saturated heterocycles. The molecule has 0 aliphatic heterocycles. The molecule has 5 heteroatoms. The van der Waals surface area contributed by atoms with Crippen molar-refractivity contribution in [3.63, 3.8) is 0 Å². The van der Waals surface area contributed by atoms with Gasteiger partial charge in [0.05, 0.1) is 5.52 Å². The zero-order chi connectivity index (χ0) is 15.0. The lowest BCUT2D eigenvalue weighted by Gasteiger charge is -2.30. The van der Waals surface area contributed by atoms with Crippen LogP contribution in [-0.2, 0) is 0 Å². The van der Waals surface area contributed by atoms with Crippen LogP contribution < -0.4 is 0 Å². The second-order valence-corrected chi connectivity index (χ2v) is 6.11. The molecule has 1 aliphatic carbocycles. The highest BCUT2D eigenvalue weighted by atomic mass is 16.2. The summed E-state index contributed by atoms with van der Waals surface area (Å²) in [5.41, 5.74) is 3.90. The molecule has 21 heavy (non-hydrogen) atoms. The molecule has 1 amide bonds. The molecule has 1 aromatic heterocycles. The zero-order valence-electron chi connectivity index (χ0n) is 13.0. The summed E-state index contributed by atoms with van der Waals surface area (Å²) in [6, 6.07) is 4.24. The van der Waals surface area contributed by atoms with E-state index in [1.165, 1.54) is 29.5 Å². The SMILES string of the molecule is Cc1cc2nnn(C(=O)N(C)C3CCCCC3)c2cc1C. The summed E-state index contributed by atoms with van der Waals surface area (Å²) in [6.07, 6.45) is 5.88. The predicted octanol–water partition coefficient (Wildman–Crippen LogP) is 3.28. The quantitative estimate of drug-likeness (QED) is 0.808. The Labute approximate surface area is 124 Å². The van der Waals surface area contributed by atoms with Gasteiger partial charge in [0, 0.05) is 13.1 Å². The van der Waals surface area contributed by atoms with Crippen molar-refractivity contribution in [1.29, 1.82) is 0 Å². The Hall–Kier alpha value is -1.91. The number of aromatic nitrogens is 3. The van der Waals surface area contributed by atoms with E-state index in [0.29, 0.717) is 6.04 Å². The Kier molecular flexibility index (Phi) is 3.66. The van der Waals surface area contributed by atoms with Crippen molar-refractivity contribution in [2.24, 2.45) is 0 Å². The van der Waals surface area contributed by atoms with Gasteiger partial charge in [0.1, 0.15) is 5.52 Å². The van der Waals surface area contributed by atoms with Crippen molar-refractivity contribution in [2.45, 2.75) is 52.0 Å². The van der Waals surface area contributed by atoms with Gasteiger partial charge < -0.3 is 4.90 Å². The van der Waals surface area contributed by atoms with Crippen molar-refractivity contribution in [1.82, 2.24) is 19.9 Å². The molecule has 0 spiro atoms. The third-order valence-electron chi connectivity index (χ3n) is 4.67. The normalized spacial score (nSPS) is 16.3. The molecular weight excluding hydrogens is 264 g/mol. The number of hydrogen-bond donors (Lipinski definition) is 0. The van der Waals surface area contributed by atoms with Crippen LogP contribution in [0.2, 0.25) is 0 Å². The van der Waals surface area contributed by atoms with Gasteiger partial charge in [0.2, 0.25) is 0 Å². The first-order valence-corrected chi connectivity index (χ1v) is 7.68. The van der Waals surface area contributed by atoms with Crippen LogP contribution in [0.25, 0.3) is 11.0 Å². The largest absolute Gasteiger partial charge is 0.346 e. The van der Waals surface area contributed by atoms with Crippen LogP contribution in [0.15, 0.2) is 12.1 Å². The number of amides is 1. The molecule has 0 radical (unpaired) electrons. The number of hydrogen-bond acceptors (Lipinski definition) is 3. The number of rotatable bonds is 1. The van der Waals surface area contributed by atoms with Crippen molar-refractivity contribution >= 4 is 17.1 Å². The first kappa shape index (κ1) is 14.0. The fraction of sp³-hybridized carbons (Fsp3) is 0.562. The molecule has 3 rings (SSSR count). The maximum atomic E-state index is 12.7. The standard InChI is InChI=1S/C16H22N4O/c1-11-9-14-15(10-12(11)2)20(18-17-14)16(21)19(3)13-7-5-4-6-8-13/h9-10,13H,4-8H2,1-3H3. The molecule has 112 valence electrons. The van der Waals surface area contributed by atoms with Crippen LogP contribution in [-0.4, -0.2) is 39.0 Å². The van der Waals surface area contributed by atoms with Gasteiger partial charge in [0.15, 0.2) is 0 Å². The van der Waals surface area contributed by atoms with Crippen molar-refractivity contribution in [3.8, 4) is 0 Å². The second kappa shape index (κ2) is 5.47. The lowest BCUT2D eigenvalue weighted by molar-refractivity contribution is 0.173. The number of fused-ring (bicyclic) bond motifs is 1. The van der Waals surface area contributed by atoms with E-state index in [1.807, 2.05) is 37.9 Å². The van der Waals surface area contributed by atoms with Gasteiger partial charge in [-0.25, -0.2) is 4.79 Å². The molecule has 1 heterocycles. The lowest BCUT2D eigenvalue weighted by Crippen LogP contribution is -2.41. The number of carbonyl (C=O) groups is 1. The minimum absolute atomic E-state index is 0.0762. The van der Waals surface area contributed by atoms with E-state index in [0.717, 1.165) is 29.4 Å². The summed E-state index contributed by atoms with van der Waals surface area (Å²) in [7, 11) is 1.88. The van der Waals surface area contributed by atoms with Crippen molar-refractivity contribution in [3.05, 3.63) is 23.3 Å². The highest BCUT2D eigenvalue weighted by molar-refractivity contribution is 5.88. The molecule has 0 N–H and O–H groups in total. The van der Waals surface area contributed by atoms with Gasteiger partial charge in [-0.05, 0) is 49.9 Å². The van der Waals surface area contributed by atoms with E-state index >= 15 is 0 Å². The van der Waals surface area contributed by atoms with Crippen LogP contribution in [0.4, 0.5) is 4.79 Å². The summed E-state index contributed by atoms with van der Waals surface area (Å²) in [4.78, 5) is 14.5. The molecule has 0 unspecified atom stereocenters. The summed E-state index contributed by atoms with van der Waals surface area (Å²) in [5.74, 6) is 0. The van der Waals surface area contributed by atoms with E-state index < -0.39 is 0 Å². The fourth-order valence-corrected chi connectivity index (χ4v) is 3.09. The number of benzene rings is 1. The summed E-state index contributed by atoms with van der Waals surface area (Å²) in [5, 5.41) is 8.20. The second-order valence-electron chi connectivity index (χ2n) is 6.11. The maximum Gasteiger partial charge on any atom is 0.346 e. The van der Waals surface area contributed by atoms with Crippen molar-refractivity contribution in [2.75, 3.05) is 7.05 Å². The molecule has 0 atom stereocenters. The third kappa shape index (κ3) is 2.52. The molecule has 0 bridgehead atoms. The minimum atomic E-state index is -0.0762. The Morgan fingerprint density at radius 1 is 1.19 bits per heavy atom. The van der Waals surface area contributed by atoms with Crippen LogP contribution in [0.1, 0.15) is 43.2 Å². The predicted molar refractivity (Wildman–Crippen MR) is 82.4 cm³/mol. The van der Waals surface area contributed by atoms with Crippen LogP contribution >= 0.6 is 0 Å². The van der Waals surface area contributed by atoms with Crippen LogP contribution in [0.3, 0.4) is 0 Å². The molecule has 5 nitrogen and oxygen atoms in total. The van der Waals surface area contributed by atoms with E-state index in [9.17, 15) is 4.79 Å². The summed E-state index contributed by atoms with van der Waals surface area (Å²) < 4.78 is 1.44. The minimum Gasteiger partial charge on any atom is -0.323 e. The Bertz CT molecular complexity index is 670. The van der Waals surface area contributed by atoms with Crippen LogP contribution in [0.5, 0.6) is 0 Å². The van der Waals surface area contributed by atoms with E-state index in [4.69, 9.17) is 0 Å². The number of nitrogens with zero attached hydrogens (tertiary/aromatic N) is 4. The number of aryl methyl sites for hydroxylation is 2. The van der Waals surface area contributed by atoms with Gasteiger partial charge >= 0.3 is 6.03 Å². The van der Waals surface area contributed by atoms with Gasteiger partial charge in [-0.2, -0.15) is 4.68 Å². The average molecular weight is 286 g/mol. The summed E-state index contributed by atoms with van der Waals surface area (Å²) >= 11 is 0. The smallest absolute Gasteiger partial charge is 0.323 e. The molecule has 1 aromatic carbocycles. The van der Waals surface area contributed by atoms with Crippen molar-refractivity contribution < 1.29 is 4.79 Å². The molecule has 1 aliphatic rings. The first-order valence-electron chi connectivity index (χ1n) is 7.68. The maximum absolute atomic E-state index is 12.7. The molecular formula is C16H22N4O. The van der Waals surface area contributed by atoms with Crippen LogP contribution in [0, 0.1) is 13.8 Å². The topological polar surface area (TPSA) is 51.0 Å². The molecule has 1 fully saturated rings. The summed E-state index contributed by atoms with van der Waals surface area (Å²) in [6.45, 7) is 4.09. The van der Waals surface area contributed by atoms with Gasteiger partial charge in [-0.3, -0.25) is 0 Å². The monoisotopic (exact) mass is 286 g/mol. The Balaban J connectivity index is 1.92. The van der Waals surface area contributed by atoms with E-state index in [1.54, 1.807) is 0 Å². The fourth-order valence-electron chi connectivity index (χ4n) is 3.09. The van der Waals surface area contributed by atoms with Gasteiger partial charge in [0.25, 0.3) is 0 Å². The highest BCUT2D eigenvalue weighted by Crippen LogP contribution is 2.23. The third-order valence-corrected chi connectivity index (χ3v) is 4.67. The van der Waals surface area contributed by atoms with E-state index in [2.05, 4.69) is 10.3 Å².